The minimum atomic E-state index is -5.04. The van der Waals surface area contributed by atoms with Crippen molar-refractivity contribution in [2.24, 2.45) is 5.73 Å². The summed E-state index contributed by atoms with van der Waals surface area (Å²) in [5, 5.41) is 30.6. The van der Waals surface area contributed by atoms with E-state index in [1.54, 1.807) is 0 Å². The predicted octanol–water partition coefficient (Wildman–Crippen LogP) is -4.71. The fraction of sp³-hybridized carbons (Fsp3) is 0.700. The van der Waals surface area contributed by atoms with Crippen molar-refractivity contribution >= 4 is 38.5 Å². The van der Waals surface area contributed by atoms with Crippen molar-refractivity contribution in [1.82, 2.24) is 40.4 Å². The SMILES string of the molecule is Nc1ncnc2c1ncn2[C@@H]1O[C@@H]2COP(=O)(O)O[C@@H]3C(O)[C@@H](COP(=O)(O)O[C@@H]1C2O)O[C@H]3N1CNC2C(=O)NC(N)NC21. The Bertz CT molecular complexity index is 1570. The standard InChI is InChI=1S/C20H30N10O13P2/c21-14-8-15(24-3-23-14)29(4-25-8)18-12-10(31)6(40-18)1-38-45(36,37)43-13-11(32)7(2-39-44(34,35)42-12)41-19(13)30-5-26-9-16(30)27-20(22)28-17(9)33/h3-4,6-7,9-13,16,18-20,26-27,31-32H,1-2,5,22H2,(H,28,33)(H,34,35)(H,36,37)(H2,21,23,24)/t6-,7-,9?,10?,11?,12-,13-,16?,18-,19-,20?/m1/s1. The number of anilines is 1. The van der Waals surface area contributed by atoms with Gasteiger partial charge in [-0.1, -0.05) is 0 Å². The summed E-state index contributed by atoms with van der Waals surface area (Å²) in [5.74, 6) is -0.399. The summed E-state index contributed by atoms with van der Waals surface area (Å²) in [7, 11) is -10.1. The molecular formula is C20H30N10O13P2. The Labute approximate surface area is 252 Å². The van der Waals surface area contributed by atoms with Crippen molar-refractivity contribution in [3.05, 3.63) is 12.7 Å². The van der Waals surface area contributed by atoms with Crippen LogP contribution in [0.3, 0.4) is 0 Å². The van der Waals surface area contributed by atoms with Gasteiger partial charge in [-0.25, -0.2) is 29.0 Å². The predicted molar refractivity (Wildman–Crippen MR) is 142 cm³/mol. The van der Waals surface area contributed by atoms with Gasteiger partial charge < -0.3 is 40.5 Å². The van der Waals surface area contributed by atoms with Gasteiger partial charge in [0.05, 0.1) is 32.4 Å². The first kappa shape index (κ1) is 31.3. The lowest BCUT2D eigenvalue weighted by Gasteiger charge is -2.38. The normalized spacial score (nSPS) is 46.2. The molecule has 0 spiro atoms. The van der Waals surface area contributed by atoms with E-state index in [1.807, 2.05) is 0 Å². The number of nitrogens with one attached hydrogen (secondary N) is 3. The summed E-state index contributed by atoms with van der Waals surface area (Å²) in [6, 6.07) is -0.809. The Balaban J connectivity index is 1.17. The topological polar surface area (TPSA) is 322 Å². The molecule has 11 N–H and O–H groups in total. The number of aliphatic hydroxyl groups excluding tert-OH is 2. The number of phosphoric acid groups is 2. The molecule has 4 bridgehead atoms. The van der Waals surface area contributed by atoms with E-state index >= 15 is 0 Å². The van der Waals surface area contributed by atoms with Crippen LogP contribution in [-0.2, 0) is 41.5 Å². The smallest absolute Gasteiger partial charge is 0.387 e. The van der Waals surface area contributed by atoms with E-state index in [1.165, 1.54) is 15.8 Å². The largest absolute Gasteiger partial charge is 0.472 e. The summed E-state index contributed by atoms with van der Waals surface area (Å²) < 4.78 is 60.5. The fourth-order valence-corrected chi connectivity index (χ4v) is 7.81. The van der Waals surface area contributed by atoms with E-state index in [0.717, 1.165) is 6.33 Å². The van der Waals surface area contributed by atoms with Gasteiger partial charge in [0.1, 0.15) is 67.0 Å². The van der Waals surface area contributed by atoms with Crippen molar-refractivity contribution in [1.29, 1.82) is 0 Å². The molecule has 7 rings (SSSR count). The number of amides is 1. The zero-order valence-electron chi connectivity index (χ0n) is 22.9. The van der Waals surface area contributed by atoms with Crippen LogP contribution in [0.4, 0.5) is 5.82 Å². The number of aliphatic hydroxyl groups is 2. The van der Waals surface area contributed by atoms with Gasteiger partial charge in [0.2, 0.25) is 5.91 Å². The van der Waals surface area contributed by atoms with Crippen LogP contribution in [-0.4, -0.2) is 132 Å². The maximum absolute atomic E-state index is 13.2. The number of nitrogens with zero attached hydrogens (tertiary/aromatic N) is 5. The van der Waals surface area contributed by atoms with Gasteiger partial charge in [-0.3, -0.25) is 43.8 Å². The number of fused-ring (bicyclic) bond motifs is 6. The molecule has 1 amide bonds. The molecule has 0 saturated carbocycles. The van der Waals surface area contributed by atoms with Crippen LogP contribution in [0.2, 0.25) is 0 Å². The second-order valence-electron chi connectivity index (χ2n) is 10.8. The lowest BCUT2D eigenvalue weighted by Crippen LogP contribution is -2.71. The van der Waals surface area contributed by atoms with Gasteiger partial charge in [-0.05, 0) is 0 Å². The second kappa shape index (κ2) is 11.5. The Morgan fingerprint density at radius 1 is 0.956 bits per heavy atom. The number of ether oxygens (including phenoxy) is 2. The quantitative estimate of drug-likeness (QED) is 0.135. The van der Waals surface area contributed by atoms with Gasteiger partial charge in [0, 0.05) is 0 Å². The molecule has 25 heteroatoms. The third kappa shape index (κ3) is 5.67. The Kier molecular flexibility index (Phi) is 7.97. The maximum Gasteiger partial charge on any atom is 0.472 e. The fourth-order valence-electron chi connectivity index (χ4n) is 5.94. The molecule has 0 aliphatic carbocycles. The number of carbonyl (C=O) groups is 1. The van der Waals surface area contributed by atoms with E-state index in [4.69, 9.17) is 39.0 Å². The molecule has 2 aromatic heterocycles. The van der Waals surface area contributed by atoms with Crippen LogP contribution in [0.25, 0.3) is 11.2 Å². The second-order valence-corrected chi connectivity index (χ2v) is 13.6. The number of nitrogens with two attached hydrogens (primary N) is 2. The molecular weight excluding hydrogens is 650 g/mol. The molecule has 5 fully saturated rings. The van der Waals surface area contributed by atoms with Crippen LogP contribution in [0.15, 0.2) is 12.7 Å². The molecule has 0 radical (unpaired) electrons. The molecule has 5 saturated heterocycles. The third-order valence-electron chi connectivity index (χ3n) is 8.02. The van der Waals surface area contributed by atoms with Crippen molar-refractivity contribution < 1.29 is 61.5 Å². The monoisotopic (exact) mass is 680 g/mol. The summed E-state index contributed by atoms with van der Waals surface area (Å²) in [5.41, 5.74) is 12.0. The highest BCUT2D eigenvalue weighted by atomic mass is 31.2. The van der Waals surface area contributed by atoms with Crippen molar-refractivity contribution in [2.45, 2.75) is 67.6 Å². The van der Waals surface area contributed by atoms with E-state index in [9.17, 15) is 33.9 Å². The number of carbonyl (C=O) groups excluding carboxylic acids is 1. The number of phosphoric ester groups is 2. The molecule has 23 nitrogen and oxygen atoms in total. The molecule has 7 heterocycles. The zero-order valence-corrected chi connectivity index (χ0v) is 24.7. The van der Waals surface area contributed by atoms with Gasteiger partial charge >= 0.3 is 15.6 Å². The average molecular weight is 680 g/mol. The summed E-state index contributed by atoms with van der Waals surface area (Å²) in [4.78, 5) is 47.4. The number of nitrogen functional groups attached to an aromatic ring is 1. The number of hydrogen-bond acceptors (Lipinski definition) is 19. The average Bonchev–Trinajstić information content (AvgIpc) is 3.72. The third-order valence-corrected chi connectivity index (χ3v) is 10.00. The number of aromatic nitrogens is 4. The van der Waals surface area contributed by atoms with Crippen molar-refractivity contribution in [2.75, 3.05) is 25.6 Å². The molecule has 248 valence electrons. The molecule has 5 aliphatic heterocycles. The number of hydrogen-bond donors (Lipinski definition) is 9. The molecule has 5 aliphatic rings. The van der Waals surface area contributed by atoms with E-state index in [-0.39, 0.29) is 23.7 Å². The summed E-state index contributed by atoms with van der Waals surface area (Å²) in [6.07, 6.45) is -11.6. The molecule has 2 aromatic rings. The van der Waals surface area contributed by atoms with Crippen molar-refractivity contribution in [3.63, 3.8) is 0 Å². The van der Waals surface area contributed by atoms with E-state index < -0.39 is 102 Å². The van der Waals surface area contributed by atoms with Crippen LogP contribution < -0.4 is 27.4 Å². The first-order valence-electron chi connectivity index (χ1n) is 13.5. The highest BCUT2D eigenvalue weighted by Gasteiger charge is 2.57. The van der Waals surface area contributed by atoms with E-state index in [0.29, 0.717) is 0 Å². The highest BCUT2D eigenvalue weighted by Crippen LogP contribution is 2.53. The minimum absolute atomic E-state index is 0.0177. The summed E-state index contributed by atoms with van der Waals surface area (Å²) >= 11 is 0. The van der Waals surface area contributed by atoms with Crippen LogP contribution in [0, 0.1) is 0 Å². The Morgan fingerprint density at radius 3 is 2.24 bits per heavy atom. The highest BCUT2D eigenvalue weighted by molar-refractivity contribution is 7.47. The lowest BCUT2D eigenvalue weighted by atomic mass is 10.1. The Morgan fingerprint density at radius 2 is 1.58 bits per heavy atom. The van der Waals surface area contributed by atoms with Gasteiger partial charge in [-0.15, -0.1) is 0 Å². The van der Waals surface area contributed by atoms with Gasteiger partial charge in [0.25, 0.3) is 0 Å². The van der Waals surface area contributed by atoms with Crippen LogP contribution in [0.1, 0.15) is 6.23 Å². The molecule has 45 heavy (non-hydrogen) atoms. The first-order valence-corrected chi connectivity index (χ1v) is 16.5. The summed E-state index contributed by atoms with van der Waals surface area (Å²) in [6.45, 7) is -1.58. The maximum atomic E-state index is 13.2. The van der Waals surface area contributed by atoms with E-state index in [2.05, 4.69) is 30.9 Å². The van der Waals surface area contributed by atoms with Gasteiger partial charge in [0.15, 0.2) is 17.7 Å². The van der Waals surface area contributed by atoms with Gasteiger partial charge in [-0.2, -0.15) is 0 Å². The lowest BCUT2D eigenvalue weighted by molar-refractivity contribution is -0.133. The van der Waals surface area contributed by atoms with Crippen LogP contribution >= 0.6 is 15.6 Å². The molecule has 0 aromatic carbocycles. The Hall–Kier alpha value is -2.28. The minimum Gasteiger partial charge on any atom is -0.387 e. The van der Waals surface area contributed by atoms with Crippen molar-refractivity contribution in [3.8, 4) is 0 Å². The number of imidazole rings is 1. The molecule has 7 unspecified atom stereocenters. The number of rotatable bonds is 2. The zero-order chi connectivity index (χ0) is 31.8. The van der Waals surface area contributed by atoms with Crippen LogP contribution in [0.5, 0.6) is 0 Å². The molecule has 13 atom stereocenters. The first-order chi connectivity index (χ1) is 21.3.